The van der Waals surface area contributed by atoms with Crippen molar-refractivity contribution in [1.82, 2.24) is 19.7 Å². The van der Waals surface area contributed by atoms with Crippen LogP contribution in [0.4, 0.5) is 5.69 Å². The largest absolute Gasteiger partial charge is 0.360 e. The van der Waals surface area contributed by atoms with E-state index < -0.39 is 0 Å². The van der Waals surface area contributed by atoms with Gasteiger partial charge in [0.05, 0.1) is 5.25 Å². The Hall–Kier alpha value is -3.39. The van der Waals surface area contributed by atoms with Gasteiger partial charge in [-0.3, -0.25) is 14.2 Å². The van der Waals surface area contributed by atoms with Crippen LogP contribution >= 0.6 is 11.8 Å². The molecule has 2 aromatic carbocycles. The molecule has 1 amide bonds. The average Bonchev–Trinajstić information content (AvgIpc) is 3.40. The van der Waals surface area contributed by atoms with E-state index in [2.05, 4.69) is 31.1 Å². The summed E-state index contributed by atoms with van der Waals surface area (Å²) < 4.78 is 2.18. The lowest BCUT2D eigenvalue weighted by Gasteiger charge is -2.13. The van der Waals surface area contributed by atoms with E-state index >= 15 is 0 Å². The van der Waals surface area contributed by atoms with Crippen molar-refractivity contribution < 1.29 is 9.59 Å². The Bertz CT molecular complexity index is 1300. The molecular formula is C24H23N5O2S. The Morgan fingerprint density at radius 1 is 1.12 bits per heavy atom. The normalized spacial score (nSPS) is 14.4. The molecule has 0 unspecified atom stereocenters. The van der Waals surface area contributed by atoms with E-state index in [1.165, 1.54) is 18.7 Å². The summed E-state index contributed by atoms with van der Waals surface area (Å²) in [5, 5.41) is 13.3. The third kappa shape index (κ3) is 3.93. The van der Waals surface area contributed by atoms with E-state index in [1.54, 1.807) is 24.3 Å². The van der Waals surface area contributed by atoms with Crippen molar-refractivity contribution in [3.8, 4) is 11.4 Å². The van der Waals surface area contributed by atoms with Crippen molar-refractivity contribution >= 4 is 40.0 Å². The van der Waals surface area contributed by atoms with Crippen LogP contribution in [0.2, 0.25) is 0 Å². The SMILES string of the molecule is CC(=O)Nc1ccc(C(=O)[C@@H](C)Sc2nnc(-c3c[nH]c4ccccc34)n2C2CC2)cc1. The van der Waals surface area contributed by atoms with Crippen LogP contribution in [-0.4, -0.2) is 36.7 Å². The highest BCUT2D eigenvalue weighted by atomic mass is 32.2. The number of Topliss-reactive ketones (excluding diaryl/α,β-unsaturated/α-hetero) is 1. The van der Waals surface area contributed by atoms with Gasteiger partial charge in [0, 0.05) is 46.9 Å². The minimum Gasteiger partial charge on any atom is -0.360 e. The van der Waals surface area contributed by atoms with Gasteiger partial charge in [0.25, 0.3) is 0 Å². The first-order valence-electron chi connectivity index (χ1n) is 10.6. The van der Waals surface area contributed by atoms with Crippen LogP contribution in [0.3, 0.4) is 0 Å². The number of rotatable bonds is 7. The van der Waals surface area contributed by atoms with Crippen LogP contribution in [0.5, 0.6) is 0 Å². The summed E-state index contributed by atoms with van der Waals surface area (Å²) in [4.78, 5) is 27.5. The molecule has 4 aromatic rings. The van der Waals surface area contributed by atoms with Crippen LogP contribution in [0.15, 0.2) is 59.9 Å². The van der Waals surface area contributed by atoms with Crippen molar-refractivity contribution in [2.75, 3.05) is 5.32 Å². The number of benzene rings is 2. The molecule has 2 heterocycles. The second-order valence-corrected chi connectivity index (χ2v) is 9.35. The predicted molar refractivity (Wildman–Crippen MR) is 126 cm³/mol. The highest BCUT2D eigenvalue weighted by molar-refractivity contribution is 8.00. The van der Waals surface area contributed by atoms with Gasteiger partial charge in [-0.25, -0.2) is 0 Å². The number of ketones is 1. The number of fused-ring (bicyclic) bond motifs is 1. The Morgan fingerprint density at radius 3 is 2.59 bits per heavy atom. The minimum absolute atomic E-state index is 0.0170. The highest BCUT2D eigenvalue weighted by Crippen LogP contribution is 2.43. The molecule has 8 heteroatoms. The lowest BCUT2D eigenvalue weighted by Crippen LogP contribution is -2.15. The van der Waals surface area contributed by atoms with Gasteiger partial charge in [0.1, 0.15) is 0 Å². The number of thioether (sulfide) groups is 1. The lowest BCUT2D eigenvalue weighted by molar-refractivity contribution is -0.114. The maximum absolute atomic E-state index is 13.0. The van der Waals surface area contributed by atoms with Gasteiger partial charge < -0.3 is 10.3 Å². The molecule has 32 heavy (non-hydrogen) atoms. The summed E-state index contributed by atoms with van der Waals surface area (Å²) in [6.07, 6.45) is 4.16. The van der Waals surface area contributed by atoms with Gasteiger partial charge in [-0.05, 0) is 50.1 Å². The molecule has 1 atom stereocenters. The zero-order valence-electron chi connectivity index (χ0n) is 17.8. The van der Waals surface area contributed by atoms with E-state index in [0.29, 0.717) is 17.3 Å². The quantitative estimate of drug-likeness (QED) is 0.306. The van der Waals surface area contributed by atoms with E-state index in [9.17, 15) is 9.59 Å². The topological polar surface area (TPSA) is 92.7 Å². The summed E-state index contributed by atoms with van der Waals surface area (Å²) in [6.45, 7) is 3.35. The molecule has 1 aliphatic carbocycles. The maximum atomic E-state index is 13.0. The number of carbonyl (C=O) groups is 2. The number of aromatic nitrogens is 4. The second kappa shape index (κ2) is 8.27. The first kappa shape index (κ1) is 20.5. The molecule has 0 radical (unpaired) electrons. The molecule has 0 aliphatic heterocycles. The molecule has 5 rings (SSSR count). The molecule has 2 aromatic heterocycles. The number of hydrogen-bond donors (Lipinski definition) is 2. The molecule has 0 saturated heterocycles. The smallest absolute Gasteiger partial charge is 0.221 e. The molecule has 0 bridgehead atoms. The van der Waals surface area contributed by atoms with Crippen molar-refractivity contribution in [2.45, 2.75) is 43.1 Å². The molecule has 7 nitrogen and oxygen atoms in total. The number of hydrogen-bond acceptors (Lipinski definition) is 5. The van der Waals surface area contributed by atoms with E-state index in [0.717, 1.165) is 40.3 Å². The van der Waals surface area contributed by atoms with Crippen LogP contribution in [0.1, 0.15) is 43.1 Å². The first-order valence-corrected chi connectivity index (χ1v) is 11.5. The van der Waals surface area contributed by atoms with E-state index in [4.69, 9.17) is 0 Å². The number of nitrogens with one attached hydrogen (secondary N) is 2. The molecule has 1 aliphatic rings. The summed E-state index contributed by atoms with van der Waals surface area (Å²) in [5.41, 5.74) is 3.37. The van der Waals surface area contributed by atoms with Crippen molar-refractivity contribution in [3.05, 3.63) is 60.3 Å². The molecular weight excluding hydrogens is 422 g/mol. The molecule has 162 valence electrons. The van der Waals surface area contributed by atoms with Gasteiger partial charge >= 0.3 is 0 Å². The monoisotopic (exact) mass is 445 g/mol. The van der Waals surface area contributed by atoms with Gasteiger partial charge in [0.2, 0.25) is 5.91 Å². The number of aromatic amines is 1. The molecule has 2 N–H and O–H groups in total. The summed E-state index contributed by atoms with van der Waals surface area (Å²) >= 11 is 1.44. The lowest BCUT2D eigenvalue weighted by atomic mass is 10.1. The molecule has 0 spiro atoms. The zero-order chi connectivity index (χ0) is 22.2. The minimum atomic E-state index is -0.320. The summed E-state index contributed by atoms with van der Waals surface area (Å²) in [7, 11) is 0. The Balaban J connectivity index is 1.40. The Labute approximate surface area is 189 Å². The standard InChI is InChI=1S/C24H23N5O2S/c1-14(22(31)16-7-9-17(10-8-16)26-15(2)30)32-24-28-27-23(29(24)18-11-12-18)20-13-25-21-6-4-3-5-19(20)21/h3-10,13-14,18,25H,11-12H2,1-2H3,(H,26,30)/t14-/m1/s1. The highest BCUT2D eigenvalue weighted by Gasteiger charge is 2.32. The van der Waals surface area contributed by atoms with Crippen molar-refractivity contribution in [1.29, 1.82) is 0 Å². The van der Waals surface area contributed by atoms with Crippen LogP contribution in [0, 0.1) is 0 Å². The number of H-pyrrole nitrogens is 1. The van der Waals surface area contributed by atoms with Gasteiger partial charge in [-0.15, -0.1) is 10.2 Å². The van der Waals surface area contributed by atoms with Gasteiger partial charge in [-0.1, -0.05) is 30.0 Å². The van der Waals surface area contributed by atoms with E-state index in [1.807, 2.05) is 31.3 Å². The molecule has 1 fully saturated rings. The number of para-hydroxylation sites is 1. The number of amides is 1. The third-order valence-corrected chi connectivity index (χ3v) is 6.60. The first-order chi connectivity index (χ1) is 15.5. The van der Waals surface area contributed by atoms with Gasteiger partial charge in [-0.2, -0.15) is 0 Å². The van der Waals surface area contributed by atoms with Crippen molar-refractivity contribution in [3.63, 3.8) is 0 Å². The van der Waals surface area contributed by atoms with Crippen LogP contribution in [0.25, 0.3) is 22.3 Å². The van der Waals surface area contributed by atoms with E-state index in [-0.39, 0.29) is 16.9 Å². The Kier molecular flexibility index (Phi) is 5.30. The van der Waals surface area contributed by atoms with Crippen molar-refractivity contribution in [2.24, 2.45) is 0 Å². The number of nitrogens with zero attached hydrogens (tertiary/aromatic N) is 3. The van der Waals surface area contributed by atoms with Crippen LogP contribution < -0.4 is 5.32 Å². The summed E-state index contributed by atoms with van der Waals surface area (Å²) in [6, 6.07) is 15.5. The number of carbonyl (C=O) groups excluding carboxylic acids is 2. The third-order valence-electron chi connectivity index (χ3n) is 5.55. The van der Waals surface area contributed by atoms with Gasteiger partial charge in [0.15, 0.2) is 16.8 Å². The zero-order valence-corrected chi connectivity index (χ0v) is 18.6. The van der Waals surface area contributed by atoms with Crippen LogP contribution in [-0.2, 0) is 4.79 Å². The predicted octanol–water partition coefficient (Wildman–Crippen LogP) is 5.08. The average molecular weight is 446 g/mol. The molecule has 1 saturated carbocycles. The maximum Gasteiger partial charge on any atom is 0.221 e. The summed E-state index contributed by atoms with van der Waals surface area (Å²) in [5.74, 6) is 0.716. The fourth-order valence-electron chi connectivity index (χ4n) is 3.83. The second-order valence-electron chi connectivity index (χ2n) is 8.04. The Morgan fingerprint density at radius 2 is 1.88 bits per heavy atom. The fourth-order valence-corrected chi connectivity index (χ4v) is 4.82. The number of anilines is 1. The fraction of sp³-hybridized carbons (Fsp3) is 0.250.